The summed E-state index contributed by atoms with van der Waals surface area (Å²) in [5.74, 6) is 0.430. The molecule has 0 aliphatic heterocycles. The minimum Gasteiger partial charge on any atom is -0.496 e. The standard InChI is InChI=1S/C9H13NO4S/c1-14-8-4-3-5-9(15(2,12)13)7(8)6-10-11/h3-5,10-11H,6H2,1-2H3. The molecule has 0 spiro atoms. The van der Waals surface area contributed by atoms with E-state index in [9.17, 15) is 8.42 Å². The Balaban J connectivity index is 3.38. The maximum absolute atomic E-state index is 11.4. The average molecular weight is 231 g/mol. The molecular weight excluding hydrogens is 218 g/mol. The summed E-state index contributed by atoms with van der Waals surface area (Å²) < 4.78 is 27.9. The molecule has 0 aliphatic rings. The Morgan fingerprint density at radius 2 is 2.13 bits per heavy atom. The number of methoxy groups -OCH3 is 1. The molecule has 0 aliphatic carbocycles. The molecule has 0 aromatic heterocycles. The fraction of sp³-hybridized carbons (Fsp3) is 0.333. The second-order valence-electron chi connectivity index (χ2n) is 3.04. The predicted molar refractivity (Wildman–Crippen MR) is 54.7 cm³/mol. The first kappa shape index (κ1) is 12.0. The summed E-state index contributed by atoms with van der Waals surface area (Å²) in [5, 5.41) is 8.63. The van der Waals surface area contributed by atoms with Gasteiger partial charge in [0.15, 0.2) is 9.84 Å². The minimum atomic E-state index is -3.32. The van der Waals surface area contributed by atoms with Crippen molar-refractivity contribution in [2.45, 2.75) is 11.4 Å². The molecule has 0 radical (unpaired) electrons. The van der Waals surface area contributed by atoms with E-state index in [0.717, 1.165) is 6.26 Å². The normalized spacial score (nSPS) is 11.4. The van der Waals surface area contributed by atoms with Crippen LogP contribution in [0.4, 0.5) is 0 Å². The van der Waals surface area contributed by atoms with E-state index in [0.29, 0.717) is 11.3 Å². The van der Waals surface area contributed by atoms with Crippen molar-refractivity contribution >= 4 is 9.84 Å². The molecule has 0 amide bonds. The number of rotatable bonds is 4. The van der Waals surface area contributed by atoms with E-state index in [1.54, 1.807) is 12.1 Å². The summed E-state index contributed by atoms with van der Waals surface area (Å²) in [6.45, 7) is 0.0203. The highest BCUT2D eigenvalue weighted by molar-refractivity contribution is 7.90. The molecule has 1 aromatic rings. The molecule has 0 saturated heterocycles. The summed E-state index contributed by atoms with van der Waals surface area (Å²) >= 11 is 0. The molecule has 1 rings (SSSR count). The van der Waals surface area contributed by atoms with Gasteiger partial charge in [-0.1, -0.05) is 6.07 Å². The molecule has 0 saturated carbocycles. The van der Waals surface area contributed by atoms with Crippen LogP contribution in [0.5, 0.6) is 5.75 Å². The van der Waals surface area contributed by atoms with Gasteiger partial charge in [0.2, 0.25) is 0 Å². The zero-order chi connectivity index (χ0) is 11.5. The lowest BCUT2D eigenvalue weighted by atomic mass is 10.2. The summed E-state index contributed by atoms with van der Waals surface area (Å²) in [4.78, 5) is 0.156. The molecule has 5 nitrogen and oxygen atoms in total. The van der Waals surface area contributed by atoms with Crippen LogP contribution in [-0.2, 0) is 16.4 Å². The highest BCUT2D eigenvalue weighted by Crippen LogP contribution is 2.25. The predicted octanol–water partition coefficient (Wildman–Crippen LogP) is 0.578. The highest BCUT2D eigenvalue weighted by Gasteiger charge is 2.16. The van der Waals surface area contributed by atoms with Gasteiger partial charge < -0.3 is 9.94 Å². The van der Waals surface area contributed by atoms with Gasteiger partial charge in [-0.25, -0.2) is 13.9 Å². The molecule has 2 N–H and O–H groups in total. The lowest BCUT2D eigenvalue weighted by Gasteiger charge is -2.11. The average Bonchev–Trinajstić information content (AvgIpc) is 2.17. The quantitative estimate of drug-likeness (QED) is 0.741. The third kappa shape index (κ3) is 2.68. The van der Waals surface area contributed by atoms with Gasteiger partial charge in [-0.2, -0.15) is 0 Å². The van der Waals surface area contributed by atoms with Gasteiger partial charge in [0, 0.05) is 11.8 Å². The number of nitrogens with one attached hydrogen (secondary N) is 1. The Morgan fingerprint density at radius 3 is 2.60 bits per heavy atom. The fourth-order valence-electron chi connectivity index (χ4n) is 1.34. The van der Waals surface area contributed by atoms with Crippen LogP contribution in [0, 0.1) is 0 Å². The molecule has 84 valence electrons. The third-order valence-electron chi connectivity index (χ3n) is 1.97. The van der Waals surface area contributed by atoms with E-state index in [1.165, 1.54) is 13.2 Å². The number of ether oxygens (including phenoxy) is 1. The molecule has 15 heavy (non-hydrogen) atoms. The Labute approximate surface area is 88.6 Å². The molecule has 0 fully saturated rings. The number of benzene rings is 1. The monoisotopic (exact) mass is 231 g/mol. The van der Waals surface area contributed by atoms with Gasteiger partial charge in [0.05, 0.1) is 18.6 Å². The SMILES string of the molecule is COc1cccc(S(C)(=O)=O)c1CNO. The second kappa shape index (κ2) is 4.61. The Hall–Kier alpha value is -1.11. The van der Waals surface area contributed by atoms with Crippen molar-refractivity contribution in [1.82, 2.24) is 5.48 Å². The van der Waals surface area contributed by atoms with Crippen molar-refractivity contribution in [3.63, 3.8) is 0 Å². The Morgan fingerprint density at radius 1 is 1.47 bits per heavy atom. The van der Waals surface area contributed by atoms with Gasteiger partial charge in [-0.3, -0.25) is 0 Å². The van der Waals surface area contributed by atoms with Crippen molar-refractivity contribution in [2.24, 2.45) is 0 Å². The number of hydrogen-bond donors (Lipinski definition) is 2. The first-order valence-corrected chi connectivity index (χ1v) is 6.12. The van der Waals surface area contributed by atoms with Gasteiger partial charge >= 0.3 is 0 Å². The summed E-state index contributed by atoms with van der Waals surface area (Å²) in [6, 6.07) is 4.71. The zero-order valence-electron chi connectivity index (χ0n) is 8.52. The highest BCUT2D eigenvalue weighted by atomic mass is 32.2. The topological polar surface area (TPSA) is 75.6 Å². The Kier molecular flexibility index (Phi) is 3.67. The number of sulfone groups is 1. The third-order valence-corrected chi connectivity index (χ3v) is 3.15. The van der Waals surface area contributed by atoms with Gasteiger partial charge in [-0.05, 0) is 12.1 Å². The molecular formula is C9H13NO4S. The maximum atomic E-state index is 11.4. The molecule has 0 atom stereocenters. The lowest BCUT2D eigenvalue weighted by Crippen LogP contribution is -2.12. The summed E-state index contributed by atoms with van der Waals surface area (Å²) in [7, 11) is -1.87. The molecule has 0 unspecified atom stereocenters. The molecule has 0 heterocycles. The zero-order valence-corrected chi connectivity index (χ0v) is 9.34. The number of hydroxylamine groups is 1. The van der Waals surface area contributed by atoms with E-state index >= 15 is 0 Å². The largest absolute Gasteiger partial charge is 0.496 e. The van der Waals surface area contributed by atoms with Crippen LogP contribution in [0.25, 0.3) is 0 Å². The van der Waals surface area contributed by atoms with E-state index in [1.807, 2.05) is 5.48 Å². The van der Waals surface area contributed by atoms with Crippen LogP contribution in [-0.4, -0.2) is 27.0 Å². The number of hydrogen-bond acceptors (Lipinski definition) is 5. The van der Waals surface area contributed by atoms with E-state index < -0.39 is 9.84 Å². The van der Waals surface area contributed by atoms with Crippen molar-refractivity contribution < 1.29 is 18.4 Å². The van der Waals surface area contributed by atoms with Gasteiger partial charge in [0.1, 0.15) is 5.75 Å². The van der Waals surface area contributed by atoms with Crippen LogP contribution < -0.4 is 10.2 Å². The van der Waals surface area contributed by atoms with Gasteiger partial charge in [0.25, 0.3) is 0 Å². The summed E-state index contributed by atoms with van der Waals surface area (Å²) in [6.07, 6.45) is 1.11. The fourth-order valence-corrected chi connectivity index (χ4v) is 2.28. The summed E-state index contributed by atoms with van der Waals surface area (Å²) in [5.41, 5.74) is 2.35. The van der Waals surface area contributed by atoms with Crippen LogP contribution >= 0.6 is 0 Å². The Bertz CT molecular complexity index is 441. The van der Waals surface area contributed by atoms with Crippen LogP contribution in [0.2, 0.25) is 0 Å². The molecule has 0 bridgehead atoms. The van der Waals surface area contributed by atoms with Crippen molar-refractivity contribution in [1.29, 1.82) is 0 Å². The molecule has 1 aromatic carbocycles. The smallest absolute Gasteiger partial charge is 0.175 e. The van der Waals surface area contributed by atoms with Crippen LogP contribution in [0.15, 0.2) is 23.1 Å². The minimum absolute atomic E-state index is 0.0203. The van der Waals surface area contributed by atoms with E-state index in [4.69, 9.17) is 9.94 Å². The lowest BCUT2D eigenvalue weighted by molar-refractivity contribution is 0.159. The van der Waals surface area contributed by atoms with Gasteiger partial charge in [-0.15, -0.1) is 0 Å². The maximum Gasteiger partial charge on any atom is 0.175 e. The van der Waals surface area contributed by atoms with Crippen molar-refractivity contribution in [3.05, 3.63) is 23.8 Å². The van der Waals surface area contributed by atoms with E-state index in [2.05, 4.69) is 0 Å². The van der Waals surface area contributed by atoms with Crippen molar-refractivity contribution in [2.75, 3.05) is 13.4 Å². The first-order chi connectivity index (χ1) is 7.00. The second-order valence-corrected chi connectivity index (χ2v) is 5.03. The van der Waals surface area contributed by atoms with E-state index in [-0.39, 0.29) is 11.4 Å². The first-order valence-electron chi connectivity index (χ1n) is 4.23. The van der Waals surface area contributed by atoms with Crippen LogP contribution in [0.1, 0.15) is 5.56 Å². The van der Waals surface area contributed by atoms with Crippen molar-refractivity contribution in [3.8, 4) is 5.75 Å². The molecule has 6 heteroatoms. The van der Waals surface area contributed by atoms with Crippen LogP contribution in [0.3, 0.4) is 0 Å².